The summed E-state index contributed by atoms with van der Waals surface area (Å²) in [5, 5.41) is 8.06. The van der Waals surface area contributed by atoms with E-state index in [2.05, 4.69) is 37.4 Å². The van der Waals surface area contributed by atoms with Gasteiger partial charge < -0.3 is 10.1 Å². The predicted molar refractivity (Wildman–Crippen MR) is 77.2 cm³/mol. The number of ether oxygens (including phenoxy) is 1. The molecule has 2 heterocycles. The maximum Gasteiger partial charge on any atom is 0.0551 e. The first-order valence-electron chi connectivity index (χ1n) is 7.59. The largest absolute Gasteiger partial charge is 0.378 e. The lowest BCUT2D eigenvalue weighted by Gasteiger charge is -2.23. The number of rotatable bonds is 7. The average molecular weight is 265 g/mol. The third kappa shape index (κ3) is 4.05. The number of nitrogens with zero attached hydrogens (tertiary/aromatic N) is 2. The standard InChI is InChI=1S/C15H27N3O/c1-4-6-16-15(14-7-12(3)19-11-14)8-13-9-17-18(5-2)10-13/h9-10,12,14-16H,4-8,11H2,1-3H3. The van der Waals surface area contributed by atoms with E-state index in [0.29, 0.717) is 18.1 Å². The molecular weight excluding hydrogens is 238 g/mol. The minimum atomic E-state index is 0.411. The van der Waals surface area contributed by atoms with Crippen molar-refractivity contribution < 1.29 is 4.74 Å². The zero-order valence-corrected chi connectivity index (χ0v) is 12.4. The Morgan fingerprint density at radius 1 is 1.53 bits per heavy atom. The van der Waals surface area contributed by atoms with E-state index in [1.165, 1.54) is 18.4 Å². The van der Waals surface area contributed by atoms with Gasteiger partial charge in [0.15, 0.2) is 0 Å². The summed E-state index contributed by atoms with van der Waals surface area (Å²) in [5.74, 6) is 0.631. The number of hydrogen-bond donors (Lipinski definition) is 1. The van der Waals surface area contributed by atoms with Crippen LogP contribution in [0, 0.1) is 5.92 Å². The van der Waals surface area contributed by atoms with Crippen molar-refractivity contribution in [3.05, 3.63) is 18.0 Å². The van der Waals surface area contributed by atoms with E-state index in [9.17, 15) is 0 Å². The van der Waals surface area contributed by atoms with Crippen LogP contribution in [0.5, 0.6) is 0 Å². The molecule has 1 aromatic rings. The van der Waals surface area contributed by atoms with Crippen molar-refractivity contribution in [1.82, 2.24) is 15.1 Å². The van der Waals surface area contributed by atoms with Crippen molar-refractivity contribution in [3.63, 3.8) is 0 Å². The number of aryl methyl sites for hydroxylation is 1. The van der Waals surface area contributed by atoms with Crippen molar-refractivity contribution in [2.45, 2.75) is 58.7 Å². The second kappa shape index (κ2) is 7.06. The van der Waals surface area contributed by atoms with Gasteiger partial charge in [-0.1, -0.05) is 6.92 Å². The molecule has 0 saturated carbocycles. The Morgan fingerprint density at radius 3 is 2.95 bits per heavy atom. The van der Waals surface area contributed by atoms with Gasteiger partial charge >= 0.3 is 0 Å². The molecule has 1 fully saturated rings. The molecule has 4 nitrogen and oxygen atoms in total. The van der Waals surface area contributed by atoms with Crippen molar-refractivity contribution in [1.29, 1.82) is 0 Å². The Balaban J connectivity index is 1.96. The molecule has 4 heteroatoms. The van der Waals surface area contributed by atoms with E-state index in [1.807, 2.05) is 10.9 Å². The molecule has 0 aromatic carbocycles. The van der Waals surface area contributed by atoms with E-state index in [0.717, 1.165) is 26.1 Å². The van der Waals surface area contributed by atoms with Crippen molar-refractivity contribution in [3.8, 4) is 0 Å². The average Bonchev–Trinajstić information content (AvgIpc) is 3.03. The zero-order chi connectivity index (χ0) is 13.7. The Bertz CT molecular complexity index is 377. The van der Waals surface area contributed by atoms with Gasteiger partial charge in [0.05, 0.1) is 18.9 Å². The summed E-state index contributed by atoms with van der Waals surface area (Å²) in [7, 11) is 0. The summed E-state index contributed by atoms with van der Waals surface area (Å²) in [5.41, 5.74) is 1.33. The number of hydrogen-bond acceptors (Lipinski definition) is 3. The fraction of sp³-hybridized carbons (Fsp3) is 0.800. The lowest BCUT2D eigenvalue weighted by Crippen LogP contribution is -2.39. The summed E-state index contributed by atoms with van der Waals surface area (Å²) in [6.07, 6.45) is 7.98. The summed E-state index contributed by atoms with van der Waals surface area (Å²) in [6, 6.07) is 0.513. The van der Waals surface area contributed by atoms with Crippen LogP contribution in [-0.2, 0) is 17.7 Å². The summed E-state index contributed by atoms with van der Waals surface area (Å²) in [4.78, 5) is 0. The Hall–Kier alpha value is -0.870. The van der Waals surface area contributed by atoms with Gasteiger partial charge in [-0.2, -0.15) is 5.10 Å². The molecule has 19 heavy (non-hydrogen) atoms. The molecule has 0 amide bonds. The van der Waals surface area contributed by atoms with E-state index in [1.54, 1.807) is 0 Å². The van der Waals surface area contributed by atoms with Gasteiger partial charge in [-0.25, -0.2) is 0 Å². The highest BCUT2D eigenvalue weighted by atomic mass is 16.5. The third-order valence-corrected chi connectivity index (χ3v) is 3.92. The van der Waals surface area contributed by atoms with Gasteiger partial charge in [-0.3, -0.25) is 4.68 Å². The van der Waals surface area contributed by atoms with Crippen LogP contribution in [0.25, 0.3) is 0 Å². The molecule has 1 aliphatic rings. The Morgan fingerprint density at radius 2 is 2.37 bits per heavy atom. The lowest BCUT2D eigenvalue weighted by atomic mass is 9.92. The highest BCUT2D eigenvalue weighted by Crippen LogP contribution is 2.24. The fourth-order valence-electron chi connectivity index (χ4n) is 2.80. The SMILES string of the molecule is CCCNC(Cc1cnn(CC)c1)C1COC(C)C1. The monoisotopic (exact) mass is 265 g/mol. The van der Waals surface area contributed by atoms with E-state index < -0.39 is 0 Å². The Labute approximate surface area is 116 Å². The lowest BCUT2D eigenvalue weighted by molar-refractivity contribution is 0.117. The van der Waals surface area contributed by atoms with Crippen molar-refractivity contribution in [2.24, 2.45) is 5.92 Å². The number of aromatic nitrogens is 2. The highest BCUT2D eigenvalue weighted by Gasteiger charge is 2.29. The van der Waals surface area contributed by atoms with E-state index in [4.69, 9.17) is 4.74 Å². The molecule has 108 valence electrons. The van der Waals surface area contributed by atoms with Gasteiger partial charge in [0, 0.05) is 24.7 Å². The first kappa shape index (κ1) is 14.5. The van der Waals surface area contributed by atoms with Gasteiger partial charge in [0.2, 0.25) is 0 Å². The van der Waals surface area contributed by atoms with E-state index in [-0.39, 0.29) is 0 Å². The molecule has 1 N–H and O–H groups in total. The highest BCUT2D eigenvalue weighted by molar-refractivity contribution is 5.07. The fourth-order valence-corrected chi connectivity index (χ4v) is 2.80. The summed E-state index contributed by atoms with van der Waals surface area (Å²) in [6.45, 7) is 9.42. The van der Waals surface area contributed by atoms with Crippen molar-refractivity contribution >= 4 is 0 Å². The molecule has 1 saturated heterocycles. The molecule has 3 unspecified atom stereocenters. The van der Waals surface area contributed by atoms with E-state index >= 15 is 0 Å². The first-order valence-corrected chi connectivity index (χ1v) is 7.59. The second-order valence-corrected chi connectivity index (χ2v) is 5.61. The molecule has 1 aromatic heterocycles. The quantitative estimate of drug-likeness (QED) is 0.822. The van der Waals surface area contributed by atoms with Crippen LogP contribution in [0.15, 0.2) is 12.4 Å². The molecule has 0 bridgehead atoms. The molecule has 1 aliphatic heterocycles. The summed E-state index contributed by atoms with van der Waals surface area (Å²) < 4.78 is 7.73. The normalized spacial score (nSPS) is 24.8. The zero-order valence-electron chi connectivity index (χ0n) is 12.4. The van der Waals surface area contributed by atoms with Crippen molar-refractivity contribution in [2.75, 3.05) is 13.2 Å². The maximum absolute atomic E-state index is 5.73. The van der Waals surface area contributed by atoms with Crippen LogP contribution in [0.2, 0.25) is 0 Å². The molecule has 0 radical (unpaired) electrons. The molecule has 2 rings (SSSR count). The molecular formula is C15H27N3O. The van der Waals surface area contributed by atoms with Crippen LogP contribution in [0.1, 0.15) is 39.2 Å². The maximum atomic E-state index is 5.73. The van der Waals surface area contributed by atoms with Gasteiger partial charge in [-0.15, -0.1) is 0 Å². The minimum absolute atomic E-state index is 0.411. The molecule has 0 aliphatic carbocycles. The van der Waals surface area contributed by atoms with Crippen LogP contribution < -0.4 is 5.32 Å². The summed E-state index contributed by atoms with van der Waals surface area (Å²) >= 11 is 0. The minimum Gasteiger partial charge on any atom is -0.378 e. The third-order valence-electron chi connectivity index (χ3n) is 3.92. The van der Waals surface area contributed by atoms with Gasteiger partial charge in [0.25, 0.3) is 0 Å². The number of nitrogens with one attached hydrogen (secondary N) is 1. The molecule has 0 spiro atoms. The van der Waals surface area contributed by atoms with Crippen LogP contribution in [-0.4, -0.2) is 35.1 Å². The predicted octanol–water partition coefficient (Wildman–Crippen LogP) is 2.24. The van der Waals surface area contributed by atoms with Crippen LogP contribution in [0.3, 0.4) is 0 Å². The topological polar surface area (TPSA) is 39.1 Å². The van der Waals surface area contributed by atoms with Crippen LogP contribution >= 0.6 is 0 Å². The Kier molecular flexibility index (Phi) is 5.40. The first-order chi connectivity index (χ1) is 9.22. The smallest absolute Gasteiger partial charge is 0.0551 e. The second-order valence-electron chi connectivity index (χ2n) is 5.61. The molecule has 3 atom stereocenters. The van der Waals surface area contributed by atoms with Gasteiger partial charge in [0.1, 0.15) is 0 Å². The van der Waals surface area contributed by atoms with Crippen LogP contribution in [0.4, 0.5) is 0 Å². The van der Waals surface area contributed by atoms with Gasteiger partial charge in [-0.05, 0) is 45.2 Å².